The van der Waals surface area contributed by atoms with Crippen molar-refractivity contribution in [1.29, 1.82) is 0 Å². The van der Waals surface area contributed by atoms with Crippen LogP contribution in [0.3, 0.4) is 0 Å². The van der Waals surface area contributed by atoms with Crippen LogP contribution in [-0.4, -0.2) is 26.7 Å². The van der Waals surface area contributed by atoms with Crippen LogP contribution in [-0.2, 0) is 4.84 Å². The summed E-state index contributed by atoms with van der Waals surface area (Å²) in [6, 6.07) is 3.92. The van der Waals surface area contributed by atoms with Crippen LogP contribution in [0.4, 0.5) is 0 Å². The molecular formula is C10H11BrN4OS. The lowest BCUT2D eigenvalue weighted by Crippen LogP contribution is -2.14. The summed E-state index contributed by atoms with van der Waals surface area (Å²) in [4.78, 5) is 10.2. The van der Waals surface area contributed by atoms with Gasteiger partial charge in [0, 0.05) is 0 Å². The van der Waals surface area contributed by atoms with E-state index in [9.17, 15) is 0 Å². The van der Waals surface area contributed by atoms with Gasteiger partial charge in [0.05, 0.1) is 8.66 Å². The smallest absolute Gasteiger partial charge is 0.211 e. The summed E-state index contributed by atoms with van der Waals surface area (Å²) < 4.78 is 2.62. The average Bonchev–Trinajstić information content (AvgIpc) is 2.90. The maximum atomic E-state index is 5.28. The van der Waals surface area contributed by atoms with Crippen molar-refractivity contribution < 1.29 is 4.84 Å². The fourth-order valence-electron chi connectivity index (χ4n) is 1.11. The normalized spacial score (nSPS) is 12.1. The second kappa shape index (κ2) is 5.42. The Bertz CT molecular complexity index is 506. The molecule has 2 aromatic heterocycles. The highest BCUT2D eigenvalue weighted by atomic mass is 79.9. The molecular weight excluding hydrogens is 304 g/mol. The van der Waals surface area contributed by atoms with Gasteiger partial charge in [-0.05, 0) is 41.9 Å². The molecule has 5 nitrogen and oxygen atoms in total. The summed E-state index contributed by atoms with van der Waals surface area (Å²) >= 11 is 4.98. The third kappa shape index (κ3) is 3.13. The predicted molar refractivity (Wildman–Crippen MR) is 70.2 cm³/mol. The Morgan fingerprint density at radius 1 is 1.53 bits per heavy atom. The van der Waals surface area contributed by atoms with Gasteiger partial charge in [0.1, 0.15) is 18.8 Å². The number of thiophene rings is 1. The van der Waals surface area contributed by atoms with Crippen molar-refractivity contribution in [3.8, 4) is 0 Å². The van der Waals surface area contributed by atoms with Gasteiger partial charge in [0.2, 0.25) is 5.84 Å². The molecule has 0 aliphatic rings. The largest absolute Gasteiger partial charge is 0.391 e. The van der Waals surface area contributed by atoms with E-state index in [1.807, 2.05) is 26.0 Å². The minimum absolute atomic E-state index is 0.0249. The van der Waals surface area contributed by atoms with E-state index in [-0.39, 0.29) is 6.10 Å². The molecule has 0 bridgehead atoms. The van der Waals surface area contributed by atoms with Crippen LogP contribution < -0.4 is 0 Å². The molecule has 2 aromatic rings. The highest BCUT2D eigenvalue weighted by molar-refractivity contribution is 9.11. The first-order valence-corrected chi connectivity index (χ1v) is 6.62. The summed E-state index contributed by atoms with van der Waals surface area (Å²) in [5, 5.41) is 8.18. The Kier molecular flexibility index (Phi) is 3.90. The standard InChI is InChI=1S/C10H11BrN4OS/c1-7(2)16-14-10(15-6-12-5-13-15)8-3-4-9(11)17-8/h3-7H,1-2H3. The van der Waals surface area contributed by atoms with E-state index in [0.717, 1.165) is 8.66 Å². The van der Waals surface area contributed by atoms with Gasteiger partial charge in [-0.25, -0.2) is 4.98 Å². The van der Waals surface area contributed by atoms with Crippen LogP contribution in [0, 0.1) is 0 Å². The van der Waals surface area contributed by atoms with Crippen LogP contribution in [0.25, 0.3) is 0 Å². The molecule has 0 fully saturated rings. The van der Waals surface area contributed by atoms with E-state index >= 15 is 0 Å². The van der Waals surface area contributed by atoms with Crippen LogP contribution in [0.15, 0.2) is 33.7 Å². The van der Waals surface area contributed by atoms with E-state index in [1.54, 1.807) is 22.3 Å². The average molecular weight is 315 g/mol. The molecule has 0 aromatic carbocycles. The van der Waals surface area contributed by atoms with Gasteiger partial charge in [-0.1, -0.05) is 5.16 Å². The molecule has 2 rings (SSSR count). The van der Waals surface area contributed by atoms with Crippen molar-refractivity contribution in [2.24, 2.45) is 5.16 Å². The summed E-state index contributed by atoms with van der Waals surface area (Å²) in [7, 11) is 0. The molecule has 7 heteroatoms. The number of hydrogen-bond donors (Lipinski definition) is 0. The molecule has 0 N–H and O–H groups in total. The van der Waals surface area contributed by atoms with E-state index in [2.05, 4.69) is 31.2 Å². The van der Waals surface area contributed by atoms with Gasteiger partial charge in [0.25, 0.3) is 0 Å². The summed E-state index contributed by atoms with van der Waals surface area (Å²) in [6.45, 7) is 3.85. The number of aromatic nitrogens is 3. The van der Waals surface area contributed by atoms with Crippen molar-refractivity contribution in [3.63, 3.8) is 0 Å². The van der Waals surface area contributed by atoms with Crippen LogP contribution in [0.1, 0.15) is 18.7 Å². The number of rotatable bonds is 3. The zero-order chi connectivity index (χ0) is 12.3. The molecule has 0 amide bonds. The Morgan fingerprint density at radius 3 is 2.88 bits per heavy atom. The zero-order valence-electron chi connectivity index (χ0n) is 9.37. The number of hydrogen-bond acceptors (Lipinski definition) is 5. The first kappa shape index (κ1) is 12.3. The van der Waals surface area contributed by atoms with Gasteiger partial charge in [-0.15, -0.1) is 11.3 Å². The molecule has 0 saturated heterocycles. The molecule has 0 spiro atoms. The van der Waals surface area contributed by atoms with Crippen LogP contribution in [0.2, 0.25) is 0 Å². The second-order valence-electron chi connectivity index (χ2n) is 3.51. The first-order valence-electron chi connectivity index (χ1n) is 5.01. The van der Waals surface area contributed by atoms with Gasteiger partial charge in [-0.2, -0.15) is 9.78 Å². The molecule has 17 heavy (non-hydrogen) atoms. The molecule has 2 heterocycles. The minimum atomic E-state index is 0.0249. The van der Waals surface area contributed by atoms with Gasteiger partial charge in [-0.3, -0.25) is 0 Å². The number of oxime groups is 1. The fraction of sp³-hybridized carbons (Fsp3) is 0.300. The van der Waals surface area contributed by atoms with Crippen LogP contribution in [0.5, 0.6) is 0 Å². The molecule has 0 radical (unpaired) electrons. The van der Waals surface area contributed by atoms with Gasteiger partial charge in [0.15, 0.2) is 0 Å². The van der Waals surface area contributed by atoms with Crippen molar-refractivity contribution >= 4 is 33.1 Å². The van der Waals surface area contributed by atoms with E-state index in [4.69, 9.17) is 4.84 Å². The molecule has 0 unspecified atom stereocenters. The third-order valence-corrected chi connectivity index (χ3v) is 3.40. The van der Waals surface area contributed by atoms with Crippen molar-refractivity contribution in [3.05, 3.63) is 33.5 Å². The molecule has 90 valence electrons. The molecule has 0 atom stereocenters. The lowest BCUT2D eigenvalue weighted by Gasteiger charge is -2.06. The summed E-state index contributed by atoms with van der Waals surface area (Å²) in [5.41, 5.74) is 0. The van der Waals surface area contributed by atoms with Crippen molar-refractivity contribution in [2.45, 2.75) is 20.0 Å². The monoisotopic (exact) mass is 314 g/mol. The SMILES string of the molecule is CC(C)ON=C(c1ccc(Br)s1)n1cncn1. The summed E-state index contributed by atoms with van der Waals surface area (Å²) in [6.07, 6.45) is 3.08. The van der Waals surface area contributed by atoms with E-state index in [1.165, 1.54) is 6.33 Å². The summed E-state index contributed by atoms with van der Waals surface area (Å²) in [5.74, 6) is 0.631. The molecule has 0 saturated carbocycles. The van der Waals surface area contributed by atoms with Crippen molar-refractivity contribution in [1.82, 2.24) is 14.8 Å². The fourth-order valence-corrected chi connectivity index (χ4v) is 2.47. The second-order valence-corrected chi connectivity index (χ2v) is 5.98. The first-order chi connectivity index (χ1) is 8.16. The quantitative estimate of drug-likeness (QED) is 0.497. The van der Waals surface area contributed by atoms with Crippen LogP contribution >= 0.6 is 27.3 Å². The molecule has 0 aliphatic heterocycles. The Morgan fingerprint density at radius 2 is 2.35 bits per heavy atom. The minimum Gasteiger partial charge on any atom is -0.391 e. The number of nitrogens with zero attached hydrogens (tertiary/aromatic N) is 4. The van der Waals surface area contributed by atoms with E-state index < -0.39 is 0 Å². The molecule has 0 aliphatic carbocycles. The number of halogens is 1. The lowest BCUT2D eigenvalue weighted by molar-refractivity contribution is 0.0852. The zero-order valence-corrected chi connectivity index (χ0v) is 11.8. The Balaban J connectivity index is 2.34. The Hall–Kier alpha value is -1.21. The third-order valence-electron chi connectivity index (χ3n) is 1.78. The topological polar surface area (TPSA) is 52.3 Å². The highest BCUT2D eigenvalue weighted by Crippen LogP contribution is 2.23. The van der Waals surface area contributed by atoms with Crippen molar-refractivity contribution in [2.75, 3.05) is 0 Å². The Labute approximate surface area is 111 Å². The van der Waals surface area contributed by atoms with E-state index in [0.29, 0.717) is 5.84 Å². The predicted octanol–water partition coefficient (Wildman–Crippen LogP) is 2.74. The van der Waals surface area contributed by atoms with Gasteiger partial charge >= 0.3 is 0 Å². The lowest BCUT2D eigenvalue weighted by atomic mass is 10.4. The maximum Gasteiger partial charge on any atom is 0.211 e. The highest BCUT2D eigenvalue weighted by Gasteiger charge is 2.11. The van der Waals surface area contributed by atoms with Gasteiger partial charge < -0.3 is 4.84 Å². The maximum absolute atomic E-state index is 5.28.